The fourth-order valence-electron chi connectivity index (χ4n) is 2.94. The van der Waals surface area contributed by atoms with E-state index in [9.17, 15) is 14.0 Å². The lowest BCUT2D eigenvalue weighted by atomic mass is 10.1. The number of nitrogens with zero attached hydrogens (tertiary/aromatic N) is 2. The van der Waals surface area contributed by atoms with E-state index in [4.69, 9.17) is 4.74 Å². The van der Waals surface area contributed by atoms with Crippen LogP contribution in [0.3, 0.4) is 0 Å². The molecule has 1 aliphatic heterocycles. The molecule has 0 unspecified atom stereocenters. The first-order valence-corrected chi connectivity index (χ1v) is 8.69. The van der Waals surface area contributed by atoms with Crippen molar-refractivity contribution in [2.24, 2.45) is 0 Å². The van der Waals surface area contributed by atoms with Gasteiger partial charge in [0.2, 0.25) is 0 Å². The minimum absolute atomic E-state index is 0.282. The lowest BCUT2D eigenvalue weighted by Crippen LogP contribution is -2.23. The standard InChI is InChI=1S/C20H17FN4O3/c1-12-10-13(2-7-16(12)21)17-11-18(24-23-17)19(26)22-14-3-5-15(6-4-14)25-8-9-28-20(25)27/h2-7,10-11H,8-9H2,1H3,(H,22,26)(H,23,24). The Morgan fingerprint density at radius 2 is 2.00 bits per heavy atom. The van der Waals surface area contributed by atoms with Gasteiger partial charge in [-0.2, -0.15) is 5.10 Å². The quantitative estimate of drug-likeness (QED) is 0.722. The van der Waals surface area contributed by atoms with E-state index >= 15 is 0 Å². The predicted octanol–water partition coefficient (Wildman–Crippen LogP) is 3.73. The van der Waals surface area contributed by atoms with Crippen LogP contribution in [-0.2, 0) is 4.74 Å². The zero-order valence-corrected chi connectivity index (χ0v) is 15.0. The highest BCUT2D eigenvalue weighted by atomic mass is 19.1. The Bertz CT molecular complexity index is 1050. The summed E-state index contributed by atoms with van der Waals surface area (Å²) in [6, 6.07) is 13.2. The normalized spacial score (nSPS) is 13.5. The smallest absolute Gasteiger partial charge is 0.414 e. The van der Waals surface area contributed by atoms with E-state index in [1.807, 2.05) is 0 Å². The molecular weight excluding hydrogens is 363 g/mol. The summed E-state index contributed by atoms with van der Waals surface area (Å²) in [7, 11) is 0. The van der Waals surface area contributed by atoms with E-state index in [0.29, 0.717) is 35.8 Å². The molecule has 1 aromatic heterocycles. The number of aromatic amines is 1. The van der Waals surface area contributed by atoms with Gasteiger partial charge in [0.15, 0.2) is 0 Å². The van der Waals surface area contributed by atoms with Crippen molar-refractivity contribution in [3.05, 3.63) is 65.6 Å². The van der Waals surface area contributed by atoms with Gasteiger partial charge in [0.1, 0.15) is 18.1 Å². The van der Waals surface area contributed by atoms with Crippen LogP contribution in [0.25, 0.3) is 11.3 Å². The van der Waals surface area contributed by atoms with Crippen LogP contribution >= 0.6 is 0 Å². The summed E-state index contributed by atoms with van der Waals surface area (Å²) < 4.78 is 18.3. The van der Waals surface area contributed by atoms with E-state index < -0.39 is 0 Å². The number of rotatable bonds is 4. The van der Waals surface area contributed by atoms with Crippen LogP contribution < -0.4 is 10.2 Å². The molecule has 0 bridgehead atoms. The second-order valence-electron chi connectivity index (χ2n) is 6.40. The molecular formula is C20H17FN4O3. The fourth-order valence-corrected chi connectivity index (χ4v) is 2.94. The molecule has 7 nitrogen and oxygen atoms in total. The molecule has 142 valence electrons. The average Bonchev–Trinajstić information content (AvgIpc) is 3.34. The molecule has 2 aromatic carbocycles. The zero-order valence-electron chi connectivity index (χ0n) is 15.0. The van der Waals surface area contributed by atoms with Crippen LogP contribution in [0, 0.1) is 12.7 Å². The Balaban J connectivity index is 1.46. The number of halogens is 1. The summed E-state index contributed by atoms with van der Waals surface area (Å²) in [6.07, 6.45) is -0.377. The number of nitrogens with one attached hydrogen (secondary N) is 2. The maximum Gasteiger partial charge on any atom is 0.414 e. The number of hydrogen-bond donors (Lipinski definition) is 2. The van der Waals surface area contributed by atoms with Gasteiger partial charge in [-0.3, -0.25) is 14.8 Å². The van der Waals surface area contributed by atoms with Crippen molar-refractivity contribution < 1.29 is 18.7 Å². The topological polar surface area (TPSA) is 87.3 Å². The van der Waals surface area contributed by atoms with Crippen LogP contribution in [0.1, 0.15) is 16.1 Å². The predicted molar refractivity (Wildman–Crippen MR) is 102 cm³/mol. The lowest BCUT2D eigenvalue weighted by molar-refractivity contribution is 0.102. The Hall–Kier alpha value is -3.68. The number of aromatic nitrogens is 2. The van der Waals surface area contributed by atoms with Gasteiger partial charge in [-0.15, -0.1) is 0 Å². The molecule has 1 saturated heterocycles. The third-order valence-electron chi connectivity index (χ3n) is 4.47. The Morgan fingerprint density at radius 3 is 2.68 bits per heavy atom. The number of benzene rings is 2. The Labute approximate surface area is 160 Å². The minimum atomic E-state index is -0.377. The second-order valence-corrected chi connectivity index (χ2v) is 6.40. The molecule has 0 saturated carbocycles. The van der Waals surface area contributed by atoms with E-state index in [0.717, 1.165) is 5.56 Å². The van der Waals surface area contributed by atoms with Crippen LogP contribution in [0.15, 0.2) is 48.5 Å². The van der Waals surface area contributed by atoms with Gasteiger partial charge >= 0.3 is 6.09 Å². The molecule has 1 fully saturated rings. The molecule has 28 heavy (non-hydrogen) atoms. The Morgan fingerprint density at radius 1 is 1.21 bits per heavy atom. The van der Waals surface area contributed by atoms with E-state index in [1.54, 1.807) is 49.4 Å². The maximum atomic E-state index is 13.4. The SMILES string of the molecule is Cc1cc(-c2cc(C(=O)Nc3ccc(N4CCOC4=O)cc3)[nH]n2)ccc1F. The van der Waals surface area contributed by atoms with Gasteiger partial charge in [0.05, 0.1) is 12.2 Å². The van der Waals surface area contributed by atoms with E-state index in [2.05, 4.69) is 15.5 Å². The molecule has 0 radical (unpaired) electrons. The second kappa shape index (κ2) is 7.15. The molecule has 4 rings (SSSR count). The van der Waals surface area contributed by atoms with Gasteiger partial charge in [0, 0.05) is 16.9 Å². The third-order valence-corrected chi connectivity index (χ3v) is 4.47. The summed E-state index contributed by atoms with van der Waals surface area (Å²) in [5.74, 6) is -0.645. The van der Waals surface area contributed by atoms with Crippen molar-refractivity contribution in [3.8, 4) is 11.3 Å². The average molecular weight is 380 g/mol. The first kappa shape index (κ1) is 17.7. The monoisotopic (exact) mass is 380 g/mol. The molecule has 3 aromatic rings. The summed E-state index contributed by atoms with van der Waals surface area (Å²) in [5.41, 5.74) is 3.34. The summed E-state index contributed by atoms with van der Waals surface area (Å²) in [4.78, 5) is 25.6. The third kappa shape index (κ3) is 3.44. The molecule has 0 spiro atoms. The van der Waals surface area contributed by atoms with Crippen molar-refractivity contribution in [2.45, 2.75) is 6.92 Å². The molecule has 2 N–H and O–H groups in total. The van der Waals surface area contributed by atoms with Gasteiger partial charge in [-0.05, 0) is 61.0 Å². The van der Waals surface area contributed by atoms with Gasteiger partial charge in [0.25, 0.3) is 5.91 Å². The summed E-state index contributed by atoms with van der Waals surface area (Å²) in [6.45, 7) is 2.54. The largest absolute Gasteiger partial charge is 0.447 e. The number of H-pyrrole nitrogens is 1. The van der Waals surface area contributed by atoms with Crippen molar-refractivity contribution in [2.75, 3.05) is 23.4 Å². The lowest BCUT2D eigenvalue weighted by Gasteiger charge is -2.13. The van der Waals surface area contributed by atoms with Gasteiger partial charge in [-0.1, -0.05) is 0 Å². The fraction of sp³-hybridized carbons (Fsp3) is 0.150. The highest BCUT2D eigenvalue weighted by Crippen LogP contribution is 2.23. The van der Waals surface area contributed by atoms with Crippen LogP contribution in [0.2, 0.25) is 0 Å². The number of amides is 2. The van der Waals surface area contributed by atoms with Crippen molar-refractivity contribution >= 4 is 23.4 Å². The number of carbonyl (C=O) groups excluding carboxylic acids is 2. The maximum absolute atomic E-state index is 13.4. The number of cyclic esters (lactones) is 1. The molecule has 2 amide bonds. The number of ether oxygens (including phenoxy) is 1. The van der Waals surface area contributed by atoms with Crippen molar-refractivity contribution in [3.63, 3.8) is 0 Å². The summed E-state index contributed by atoms with van der Waals surface area (Å²) in [5, 5.41) is 9.59. The van der Waals surface area contributed by atoms with Crippen molar-refractivity contribution in [1.29, 1.82) is 0 Å². The van der Waals surface area contributed by atoms with Gasteiger partial charge < -0.3 is 10.1 Å². The zero-order chi connectivity index (χ0) is 19.7. The molecule has 1 aliphatic rings. The molecule has 8 heteroatoms. The minimum Gasteiger partial charge on any atom is -0.447 e. The molecule has 2 heterocycles. The number of carbonyl (C=O) groups is 2. The Kier molecular flexibility index (Phi) is 4.52. The highest BCUT2D eigenvalue weighted by Gasteiger charge is 2.23. The first-order chi connectivity index (χ1) is 13.5. The number of hydrogen-bond acceptors (Lipinski definition) is 4. The van der Waals surface area contributed by atoms with Crippen LogP contribution in [0.4, 0.5) is 20.6 Å². The molecule has 0 aliphatic carbocycles. The number of anilines is 2. The number of aryl methyl sites for hydroxylation is 1. The van der Waals surface area contributed by atoms with Crippen LogP contribution in [0.5, 0.6) is 0 Å². The van der Waals surface area contributed by atoms with Gasteiger partial charge in [-0.25, -0.2) is 9.18 Å². The highest BCUT2D eigenvalue weighted by molar-refractivity contribution is 6.03. The van der Waals surface area contributed by atoms with E-state index in [1.165, 1.54) is 11.0 Å². The first-order valence-electron chi connectivity index (χ1n) is 8.69. The summed E-state index contributed by atoms with van der Waals surface area (Å²) >= 11 is 0. The van der Waals surface area contributed by atoms with Crippen molar-refractivity contribution in [1.82, 2.24) is 10.2 Å². The molecule has 0 atom stereocenters. The van der Waals surface area contributed by atoms with Crippen LogP contribution in [-0.4, -0.2) is 35.3 Å². The van der Waals surface area contributed by atoms with E-state index in [-0.39, 0.29) is 23.5 Å².